The normalized spacial score (nSPS) is 12.7. The zero-order valence-corrected chi connectivity index (χ0v) is 16.9. The third kappa shape index (κ3) is 5.46. The van der Waals surface area contributed by atoms with Gasteiger partial charge in [-0.2, -0.15) is 31.4 Å². The molecule has 2 aromatic heterocycles. The van der Waals surface area contributed by atoms with Crippen LogP contribution in [0.1, 0.15) is 40.1 Å². The molecule has 2 heterocycles. The minimum Gasteiger partial charge on any atom is -0.396 e. The van der Waals surface area contributed by atoms with Gasteiger partial charge in [-0.3, -0.25) is 9.78 Å². The van der Waals surface area contributed by atoms with E-state index in [1.165, 1.54) is 36.4 Å². The molecule has 1 amide bonds. The van der Waals surface area contributed by atoms with Gasteiger partial charge in [0.25, 0.3) is 5.91 Å². The van der Waals surface area contributed by atoms with Crippen LogP contribution in [0.5, 0.6) is 0 Å². The molecule has 0 saturated carbocycles. The molecule has 0 saturated heterocycles. The van der Waals surface area contributed by atoms with E-state index in [4.69, 9.17) is 5.73 Å². The lowest BCUT2D eigenvalue weighted by molar-refractivity contribution is -0.143. The van der Waals surface area contributed by atoms with Gasteiger partial charge in [0.05, 0.1) is 35.2 Å². The molecule has 3 rings (SSSR count). The van der Waals surface area contributed by atoms with Crippen LogP contribution in [0.3, 0.4) is 0 Å². The summed E-state index contributed by atoms with van der Waals surface area (Å²) in [6.45, 7) is 1.44. The Morgan fingerprint density at radius 1 is 1.03 bits per heavy atom. The van der Waals surface area contributed by atoms with Gasteiger partial charge in [0.15, 0.2) is 5.82 Å². The molecule has 0 aliphatic rings. The van der Waals surface area contributed by atoms with E-state index in [1.807, 2.05) is 0 Å². The number of carbonyl (C=O) groups is 1. The molecule has 0 aliphatic carbocycles. The number of carbonyl (C=O) groups excluding carboxylic acids is 1. The molecule has 3 aromatic rings. The fourth-order valence-corrected chi connectivity index (χ4v) is 2.71. The first-order valence-corrected chi connectivity index (χ1v) is 8.58. The van der Waals surface area contributed by atoms with Crippen LogP contribution in [0, 0.1) is 0 Å². The quantitative estimate of drug-likeness (QED) is 0.545. The van der Waals surface area contributed by atoms with E-state index in [-0.39, 0.29) is 30.0 Å². The van der Waals surface area contributed by atoms with Crippen LogP contribution >= 0.6 is 12.4 Å². The Labute approximate surface area is 183 Å². The second-order valence-corrected chi connectivity index (χ2v) is 6.47. The largest absolute Gasteiger partial charge is 0.416 e. The van der Waals surface area contributed by atoms with Crippen molar-refractivity contribution in [1.29, 1.82) is 0 Å². The van der Waals surface area contributed by atoms with E-state index in [1.54, 1.807) is 0 Å². The van der Waals surface area contributed by atoms with Crippen molar-refractivity contribution in [2.45, 2.75) is 25.3 Å². The van der Waals surface area contributed by atoms with Crippen LogP contribution in [-0.4, -0.2) is 25.7 Å². The minimum atomic E-state index is -5.07. The van der Waals surface area contributed by atoms with Gasteiger partial charge in [-0.05, 0) is 25.1 Å². The number of alkyl halides is 6. The SMILES string of the molecule is CC(NC(=O)c1cc(C(F)(F)F)cc(C(F)(F)F)c1)c1nccnc1-n1cc(N)cn1.Cl. The fourth-order valence-electron chi connectivity index (χ4n) is 2.71. The standard InChI is InChI=1S/C18H14F6N6O.ClH/c1-9(14-15(27-3-2-26-14)30-8-13(25)7-28-30)29-16(31)10-4-11(17(19,20)21)6-12(5-10)18(22,23)24;/h2-9H,25H2,1H3,(H,29,31);1H. The lowest BCUT2D eigenvalue weighted by atomic mass is 10.0. The number of rotatable bonds is 4. The molecular weight excluding hydrogens is 466 g/mol. The van der Waals surface area contributed by atoms with Gasteiger partial charge >= 0.3 is 12.4 Å². The second-order valence-electron chi connectivity index (χ2n) is 6.47. The highest BCUT2D eigenvalue weighted by molar-refractivity contribution is 5.95. The van der Waals surface area contributed by atoms with Gasteiger partial charge < -0.3 is 11.1 Å². The number of hydrogen-bond acceptors (Lipinski definition) is 5. The maximum atomic E-state index is 13.0. The number of anilines is 1. The highest BCUT2D eigenvalue weighted by Crippen LogP contribution is 2.36. The Hall–Kier alpha value is -3.35. The predicted molar refractivity (Wildman–Crippen MR) is 103 cm³/mol. The molecule has 7 nitrogen and oxygen atoms in total. The summed E-state index contributed by atoms with van der Waals surface area (Å²) in [4.78, 5) is 20.7. The third-order valence-electron chi connectivity index (χ3n) is 4.13. The molecule has 0 radical (unpaired) electrons. The van der Waals surface area contributed by atoms with Crippen molar-refractivity contribution in [3.63, 3.8) is 0 Å². The van der Waals surface area contributed by atoms with Crippen LogP contribution in [0.2, 0.25) is 0 Å². The lowest BCUT2D eigenvalue weighted by Crippen LogP contribution is -2.29. The van der Waals surface area contributed by atoms with E-state index in [2.05, 4.69) is 20.4 Å². The Bertz CT molecular complexity index is 1080. The van der Waals surface area contributed by atoms with E-state index in [9.17, 15) is 31.1 Å². The zero-order valence-electron chi connectivity index (χ0n) is 16.1. The first kappa shape index (κ1) is 24.9. The molecule has 32 heavy (non-hydrogen) atoms. The molecule has 14 heteroatoms. The number of nitrogens with zero attached hydrogens (tertiary/aromatic N) is 4. The average Bonchev–Trinajstić information content (AvgIpc) is 3.12. The molecule has 0 aliphatic heterocycles. The Balaban J connectivity index is 0.00000363. The number of halogens is 7. The molecule has 1 atom stereocenters. The number of hydrogen-bond donors (Lipinski definition) is 2. The van der Waals surface area contributed by atoms with Gasteiger partial charge in [-0.25, -0.2) is 9.67 Å². The third-order valence-corrected chi connectivity index (χ3v) is 4.13. The van der Waals surface area contributed by atoms with E-state index >= 15 is 0 Å². The van der Waals surface area contributed by atoms with Gasteiger partial charge in [0, 0.05) is 18.0 Å². The molecular formula is C18H15ClF6N6O. The molecule has 0 bridgehead atoms. The summed E-state index contributed by atoms with van der Waals surface area (Å²) in [6.07, 6.45) is -4.73. The Kier molecular flexibility index (Phi) is 7.03. The summed E-state index contributed by atoms with van der Waals surface area (Å²) < 4.78 is 79.5. The van der Waals surface area contributed by atoms with Crippen molar-refractivity contribution in [3.05, 3.63) is 65.4 Å². The average molecular weight is 481 g/mol. The number of benzene rings is 1. The lowest BCUT2D eigenvalue weighted by Gasteiger charge is -2.18. The number of nitrogen functional groups attached to an aromatic ring is 1. The van der Waals surface area contributed by atoms with Crippen molar-refractivity contribution in [1.82, 2.24) is 25.1 Å². The monoisotopic (exact) mass is 480 g/mol. The summed E-state index contributed by atoms with van der Waals surface area (Å²) in [5.41, 5.74) is 2.11. The number of nitrogens with two attached hydrogens (primary N) is 1. The van der Waals surface area contributed by atoms with Gasteiger partial charge in [-0.1, -0.05) is 0 Å². The van der Waals surface area contributed by atoms with Crippen molar-refractivity contribution in [2.75, 3.05) is 5.73 Å². The van der Waals surface area contributed by atoms with E-state index < -0.39 is 41.0 Å². The van der Waals surface area contributed by atoms with Crippen LogP contribution in [0.4, 0.5) is 32.0 Å². The molecule has 172 valence electrons. The number of amides is 1. The van der Waals surface area contributed by atoms with Gasteiger partial charge in [-0.15, -0.1) is 12.4 Å². The summed E-state index contributed by atoms with van der Waals surface area (Å²) in [7, 11) is 0. The smallest absolute Gasteiger partial charge is 0.396 e. The van der Waals surface area contributed by atoms with Crippen LogP contribution in [-0.2, 0) is 12.4 Å². The second kappa shape index (κ2) is 9.02. The van der Waals surface area contributed by atoms with Crippen LogP contribution < -0.4 is 11.1 Å². The minimum absolute atomic E-state index is 0. The Morgan fingerprint density at radius 3 is 2.09 bits per heavy atom. The molecule has 1 aromatic carbocycles. The predicted octanol–water partition coefficient (Wildman–Crippen LogP) is 4.19. The van der Waals surface area contributed by atoms with Crippen molar-refractivity contribution in [3.8, 4) is 5.82 Å². The first-order valence-electron chi connectivity index (χ1n) is 8.58. The van der Waals surface area contributed by atoms with Crippen LogP contribution in [0.25, 0.3) is 5.82 Å². The molecule has 3 N–H and O–H groups in total. The van der Waals surface area contributed by atoms with Crippen LogP contribution in [0.15, 0.2) is 43.0 Å². The molecule has 0 fully saturated rings. The maximum Gasteiger partial charge on any atom is 0.416 e. The van der Waals surface area contributed by atoms with Gasteiger partial charge in [0.1, 0.15) is 5.69 Å². The fraction of sp³-hybridized carbons (Fsp3) is 0.222. The highest BCUT2D eigenvalue weighted by atomic mass is 35.5. The van der Waals surface area contributed by atoms with E-state index in [0.717, 1.165) is 0 Å². The molecule has 0 spiro atoms. The highest BCUT2D eigenvalue weighted by Gasteiger charge is 2.37. The van der Waals surface area contributed by atoms with Crippen molar-refractivity contribution < 1.29 is 31.1 Å². The topological polar surface area (TPSA) is 98.7 Å². The summed E-state index contributed by atoms with van der Waals surface area (Å²) in [5, 5.41) is 6.31. The van der Waals surface area contributed by atoms with E-state index in [0.29, 0.717) is 17.8 Å². The number of aromatic nitrogens is 4. The Morgan fingerprint density at radius 2 is 1.59 bits per heavy atom. The van der Waals surface area contributed by atoms with Crippen molar-refractivity contribution in [2.24, 2.45) is 0 Å². The van der Waals surface area contributed by atoms with Crippen molar-refractivity contribution >= 4 is 24.0 Å². The van der Waals surface area contributed by atoms with Gasteiger partial charge in [0.2, 0.25) is 0 Å². The zero-order chi connectivity index (χ0) is 23.0. The summed E-state index contributed by atoms with van der Waals surface area (Å²) in [5.74, 6) is -0.979. The first-order chi connectivity index (χ1) is 14.4. The molecule has 1 unspecified atom stereocenters. The maximum absolute atomic E-state index is 13.0. The summed E-state index contributed by atoms with van der Waals surface area (Å²) >= 11 is 0. The number of nitrogens with one attached hydrogen (secondary N) is 1. The summed E-state index contributed by atoms with van der Waals surface area (Å²) in [6, 6.07) is -0.291.